The molecule has 0 aliphatic carbocycles. The van der Waals surface area contributed by atoms with Gasteiger partial charge in [-0.05, 0) is 47.7 Å². The van der Waals surface area contributed by atoms with Crippen molar-refractivity contribution in [2.45, 2.75) is 40.5 Å². The molecule has 3 aromatic rings. The molecule has 0 radical (unpaired) electrons. The van der Waals surface area contributed by atoms with Gasteiger partial charge in [0.2, 0.25) is 0 Å². The van der Waals surface area contributed by atoms with Gasteiger partial charge >= 0.3 is 0 Å². The summed E-state index contributed by atoms with van der Waals surface area (Å²) in [5.41, 5.74) is 1.05. The summed E-state index contributed by atoms with van der Waals surface area (Å²) in [6, 6.07) is 8.87. The Hall–Kier alpha value is -1.89. The summed E-state index contributed by atoms with van der Waals surface area (Å²) in [7, 11) is 0. The van der Waals surface area contributed by atoms with E-state index in [2.05, 4.69) is 46.8 Å². The predicted octanol–water partition coefficient (Wildman–Crippen LogP) is 6.73. The highest BCUT2D eigenvalue weighted by Crippen LogP contribution is 2.35. The van der Waals surface area contributed by atoms with Crippen molar-refractivity contribution < 1.29 is 4.74 Å². The van der Waals surface area contributed by atoms with Crippen LogP contribution in [0.4, 0.5) is 0 Å². The van der Waals surface area contributed by atoms with Gasteiger partial charge in [0.1, 0.15) is 5.82 Å². The minimum absolute atomic E-state index is 0.0261. The summed E-state index contributed by atoms with van der Waals surface area (Å²) in [6.45, 7) is 8.71. The Kier molecular flexibility index (Phi) is 7.45. The molecule has 8 heteroatoms. The SMILES string of the molecule is CCCc1nc2ccc(Br)cc2c(=O)n1N=Cc1cc(Cl)c(OCC(C)(C)C)c(Cl)c1. The molecule has 0 saturated heterocycles. The molecule has 1 heterocycles. The molecule has 1 aromatic heterocycles. The topological polar surface area (TPSA) is 56.5 Å². The van der Waals surface area contributed by atoms with Crippen LogP contribution in [-0.2, 0) is 6.42 Å². The van der Waals surface area contributed by atoms with Crippen molar-refractivity contribution in [1.29, 1.82) is 0 Å². The number of aromatic nitrogens is 2. The van der Waals surface area contributed by atoms with Crippen LogP contribution in [0.1, 0.15) is 45.5 Å². The molecular formula is C23H24BrCl2N3O2. The summed E-state index contributed by atoms with van der Waals surface area (Å²) in [6.07, 6.45) is 3.01. The van der Waals surface area contributed by atoms with E-state index in [1.165, 1.54) is 4.68 Å². The van der Waals surface area contributed by atoms with E-state index in [1.54, 1.807) is 24.4 Å². The number of benzene rings is 2. The lowest BCUT2D eigenvalue weighted by Gasteiger charge is -2.20. The van der Waals surface area contributed by atoms with Gasteiger partial charge in [0.25, 0.3) is 5.56 Å². The first-order chi connectivity index (χ1) is 14.6. The molecule has 31 heavy (non-hydrogen) atoms. The molecule has 0 aliphatic heterocycles. The van der Waals surface area contributed by atoms with Gasteiger partial charge in [-0.15, -0.1) is 0 Å². The monoisotopic (exact) mass is 523 g/mol. The van der Waals surface area contributed by atoms with Gasteiger partial charge in [0.05, 0.1) is 33.8 Å². The third-order valence-corrected chi connectivity index (χ3v) is 5.40. The highest BCUT2D eigenvalue weighted by Gasteiger charge is 2.16. The molecule has 0 amide bonds. The molecule has 164 valence electrons. The van der Waals surface area contributed by atoms with E-state index < -0.39 is 0 Å². The number of fused-ring (bicyclic) bond motifs is 1. The second kappa shape index (κ2) is 9.72. The van der Waals surface area contributed by atoms with Crippen molar-refractivity contribution in [3.8, 4) is 5.75 Å². The van der Waals surface area contributed by atoms with Crippen LogP contribution in [0.15, 0.2) is 44.7 Å². The number of aryl methyl sites for hydroxylation is 1. The van der Waals surface area contributed by atoms with Gasteiger partial charge in [0.15, 0.2) is 5.75 Å². The quantitative estimate of drug-likeness (QED) is 0.336. The zero-order valence-corrected chi connectivity index (χ0v) is 21.0. The molecule has 0 bridgehead atoms. The lowest BCUT2D eigenvalue weighted by atomic mass is 9.99. The smallest absolute Gasteiger partial charge is 0.282 e. The van der Waals surface area contributed by atoms with Crippen molar-refractivity contribution in [3.05, 3.63) is 66.6 Å². The van der Waals surface area contributed by atoms with Crippen LogP contribution in [0, 0.1) is 5.41 Å². The average molecular weight is 525 g/mol. The standard InChI is InChI=1S/C23H24BrCl2N3O2/c1-5-6-20-28-19-8-7-15(24)11-16(19)22(30)29(20)27-12-14-9-17(25)21(18(26)10-14)31-13-23(2,3)4/h7-12H,5-6,13H2,1-4H3. The predicted molar refractivity (Wildman–Crippen MR) is 132 cm³/mol. The van der Waals surface area contributed by atoms with Gasteiger partial charge in [-0.1, -0.05) is 66.8 Å². The first-order valence-electron chi connectivity index (χ1n) is 9.96. The Morgan fingerprint density at radius 1 is 1.19 bits per heavy atom. The third-order valence-electron chi connectivity index (χ3n) is 4.34. The van der Waals surface area contributed by atoms with E-state index in [4.69, 9.17) is 27.9 Å². The van der Waals surface area contributed by atoms with Gasteiger partial charge in [0, 0.05) is 10.9 Å². The van der Waals surface area contributed by atoms with Crippen LogP contribution in [0.5, 0.6) is 5.75 Å². The minimum Gasteiger partial charge on any atom is -0.490 e. The van der Waals surface area contributed by atoms with Gasteiger partial charge in [-0.25, -0.2) is 4.98 Å². The van der Waals surface area contributed by atoms with Crippen molar-refractivity contribution in [2.24, 2.45) is 10.5 Å². The van der Waals surface area contributed by atoms with Crippen molar-refractivity contribution in [2.75, 3.05) is 6.61 Å². The summed E-state index contributed by atoms with van der Waals surface area (Å²) >= 11 is 16.2. The van der Waals surface area contributed by atoms with Crippen LogP contribution in [0.2, 0.25) is 10.0 Å². The molecule has 0 unspecified atom stereocenters. The largest absolute Gasteiger partial charge is 0.490 e. The maximum atomic E-state index is 13.1. The first kappa shape index (κ1) is 23.8. The lowest BCUT2D eigenvalue weighted by Crippen LogP contribution is -2.22. The Labute approximate surface area is 200 Å². The fraction of sp³-hybridized carbons (Fsp3) is 0.348. The number of halogens is 3. The van der Waals surface area contributed by atoms with E-state index in [-0.39, 0.29) is 11.0 Å². The number of nitrogens with zero attached hydrogens (tertiary/aromatic N) is 3. The summed E-state index contributed by atoms with van der Waals surface area (Å²) in [5.74, 6) is 1.04. The van der Waals surface area contributed by atoms with E-state index in [1.807, 2.05) is 19.1 Å². The normalized spacial score (nSPS) is 12.1. The molecule has 2 aromatic carbocycles. The first-order valence-corrected chi connectivity index (χ1v) is 11.5. The van der Waals surface area contributed by atoms with Crippen LogP contribution >= 0.6 is 39.1 Å². The second-order valence-corrected chi connectivity index (χ2v) is 10.2. The fourth-order valence-electron chi connectivity index (χ4n) is 2.90. The Bertz CT molecular complexity index is 1180. The van der Waals surface area contributed by atoms with Crippen molar-refractivity contribution >= 4 is 56.2 Å². The minimum atomic E-state index is -0.228. The van der Waals surface area contributed by atoms with Crippen LogP contribution in [-0.4, -0.2) is 22.5 Å². The maximum absolute atomic E-state index is 13.1. The molecule has 0 aliphatic rings. The lowest BCUT2D eigenvalue weighted by molar-refractivity contribution is 0.198. The fourth-order valence-corrected chi connectivity index (χ4v) is 3.88. The maximum Gasteiger partial charge on any atom is 0.282 e. The third kappa shape index (κ3) is 5.88. The second-order valence-electron chi connectivity index (χ2n) is 8.46. The molecule has 0 N–H and O–H groups in total. The van der Waals surface area contributed by atoms with E-state index in [9.17, 15) is 4.79 Å². The Morgan fingerprint density at radius 3 is 2.48 bits per heavy atom. The number of hydrogen-bond donors (Lipinski definition) is 0. The molecule has 0 saturated carbocycles. The number of hydrogen-bond acceptors (Lipinski definition) is 4. The zero-order chi connectivity index (χ0) is 22.8. The van der Waals surface area contributed by atoms with E-state index >= 15 is 0 Å². The van der Waals surface area contributed by atoms with Crippen LogP contribution < -0.4 is 10.3 Å². The molecule has 0 fully saturated rings. The highest BCUT2D eigenvalue weighted by molar-refractivity contribution is 9.10. The highest BCUT2D eigenvalue weighted by atomic mass is 79.9. The molecule has 3 rings (SSSR count). The molecular weight excluding hydrogens is 501 g/mol. The van der Waals surface area contributed by atoms with Crippen LogP contribution in [0.3, 0.4) is 0 Å². The molecule has 5 nitrogen and oxygen atoms in total. The van der Waals surface area contributed by atoms with Gasteiger partial charge < -0.3 is 4.74 Å². The average Bonchev–Trinajstić information content (AvgIpc) is 2.67. The molecule has 0 atom stereocenters. The Balaban J connectivity index is 2.00. The van der Waals surface area contributed by atoms with Crippen molar-refractivity contribution in [1.82, 2.24) is 9.66 Å². The number of rotatable bonds is 6. The van der Waals surface area contributed by atoms with Crippen molar-refractivity contribution in [3.63, 3.8) is 0 Å². The van der Waals surface area contributed by atoms with Crippen LogP contribution in [0.25, 0.3) is 10.9 Å². The summed E-state index contributed by atoms with van der Waals surface area (Å²) in [4.78, 5) is 17.7. The summed E-state index contributed by atoms with van der Waals surface area (Å²) in [5, 5.41) is 5.69. The van der Waals surface area contributed by atoms with Gasteiger partial charge in [-0.2, -0.15) is 9.78 Å². The summed E-state index contributed by atoms with van der Waals surface area (Å²) < 4.78 is 7.95. The van der Waals surface area contributed by atoms with Gasteiger partial charge in [-0.3, -0.25) is 4.79 Å². The van der Waals surface area contributed by atoms with E-state index in [0.29, 0.717) is 51.1 Å². The molecule has 0 spiro atoms. The Morgan fingerprint density at radius 2 is 1.87 bits per heavy atom. The zero-order valence-electron chi connectivity index (χ0n) is 17.9. The number of ether oxygens (including phenoxy) is 1. The van der Waals surface area contributed by atoms with E-state index in [0.717, 1.165) is 10.9 Å².